The number of hydrogen-bond donors (Lipinski definition) is 2. The zero-order valence-electron chi connectivity index (χ0n) is 15.5. The Kier molecular flexibility index (Phi) is 7.33. The third-order valence-corrected chi connectivity index (χ3v) is 4.97. The number of fused-ring (bicyclic) bond motifs is 1. The van der Waals surface area contributed by atoms with Gasteiger partial charge < -0.3 is 10.3 Å². The Morgan fingerprint density at radius 3 is 2.85 bits per heavy atom. The molecule has 0 aliphatic rings. The second-order valence-corrected chi connectivity index (χ2v) is 6.91. The standard InChI is InChI=1S/C20H27N3O2S/c1-4-7-8-14(6-3)13-21-18(24)15-9-10-16-17(12-15)22-20(26)23(11-5-2)19(16)25/h5,9-10,12,14H,2,4,6-8,11,13H2,1,3H3,(H,21,24)(H,22,26). The minimum absolute atomic E-state index is 0.128. The molecule has 2 rings (SSSR count). The number of nitrogens with one attached hydrogen (secondary N) is 2. The number of unbranched alkanes of at least 4 members (excludes halogenated alkanes) is 1. The number of aromatic nitrogens is 2. The molecule has 0 bridgehead atoms. The fourth-order valence-corrected chi connectivity index (χ4v) is 3.24. The lowest BCUT2D eigenvalue weighted by Crippen LogP contribution is -2.29. The van der Waals surface area contributed by atoms with E-state index in [0.29, 0.717) is 40.2 Å². The second kappa shape index (κ2) is 9.48. The molecule has 0 saturated heterocycles. The van der Waals surface area contributed by atoms with Crippen LogP contribution in [0.1, 0.15) is 49.9 Å². The van der Waals surface area contributed by atoms with E-state index >= 15 is 0 Å². The van der Waals surface area contributed by atoms with E-state index in [0.717, 1.165) is 19.3 Å². The Morgan fingerprint density at radius 2 is 2.19 bits per heavy atom. The van der Waals surface area contributed by atoms with E-state index in [9.17, 15) is 9.59 Å². The number of allylic oxidation sites excluding steroid dienone is 1. The van der Waals surface area contributed by atoms with E-state index in [4.69, 9.17) is 12.2 Å². The summed E-state index contributed by atoms with van der Waals surface area (Å²) >= 11 is 5.24. The number of rotatable bonds is 9. The molecule has 0 spiro atoms. The van der Waals surface area contributed by atoms with E-state index in [-0.39, 0.29) is 11.5 Å². The molecule has 1 aromatic carbocycles. The molecule has 0 saturated carbocycles. The minimum Gasteiger partial charge on any atom is -0.352 e. The van der Waals surface area contributed by atoms with Crippen molar-refractivity contribution in [2.24, 2.45) is 5.92 Å². The van der Waals surface area contributed by atoms with Crippen LogP contribution in [0.25, 0.3) is 10.9 Å². The molecule has 0 aliphatic heterocycles. The highest BCUT2D eigenvalue weighted by Crippen LogP contribution is 2.13. The first kappa shape index (κ1) is 20.1. The Hall–Kier alpha value is -2.21. The molecule has 26 heavy (non-hydrogen) atoms. The Bertz CT molecular complexity index is 898. The second-order valence-electron chi connectivity index (χ2n) is 6.52. The molecule has 0 aliphatic carbocycles. The minimum atomic E-state index is -0.179. The van der Waals surface area contributed by atoms with Crippen LogP contribution in [-0.2, 0) is 6.54 Å². The average Bonchev–Trinajstić information content (AvgIpc) is 2.64. The van der Waals surface area contributed by atoms with Gasteiger partial charge in [0.25, 0.3) is 11.5 Å². The van der Waals surface area contributed by atoms with Gasteiger partial charge in [-0.3, -0.25) is 14.2 Å². The smallest absolute Gasteiger partial charge is 0.262 e. The van der Waals surface area contributed by atoms with Crippen molar-refractivity contribution in [3.05, 3.63) is 51.5 Å². The van der Waals surface area contributed by atoms with E-state index in [2.05, 4.69) is 30.7 Å². The maximum Gasteiger partial charge on any atom is 0.262 e. The van der Waals surface area contributed by atoms with Gasteiger partial charge in [-0.25, -0.2) is 0 Å². The topological polar surface area (TPSA) is 66.9 Å². The van der Waals surface area contributed by atoms with Crippen molar-refractivity contribution in [3.8, 4) is 0 Å². The fraction of sp³-hybridized carbons (Fsp3) is 0.450. The van der Waals surface area contributed by atoms with Crippen LogP contribution in [0.4, 0.5) is 0 Å². The van der Waals surface area contributed by atoms with Gasteiger partial charge in [0.2, 0.25) is 0 Å². The van der Waals surface area contributed by atoms with Gasteiger partial charge in [-0.1, -0.05) is 39.2 Å². The van der Waals surface area contributed by atoms with Crippen molar-refractivity contribution in [3.63, 3.8) is 0 Å². The third-order valence-electron chi connectivity index (χ3n) is 4.65. The predicted molar refractivity (Wildman–Crippen MR) is 109 cm³/mol. The van der Waals surface area contributed by atoms with Crippen molar-refractivity contribution in [1.29, 1.82) is 0 Å². The highest BCUT2D eigenvalue weighted by atomic mass is 32.1. The van der Waals surface area contributed by atoms with Gasteiger partial charge in [0.1, 0.15) is 0 Å². The number of aromatic amines is 1. The summed E-state index contributed by atoms with van der Waals surface area (Å²) in [5.41, 5.74) is 0.918. The van der Waals surface area contributed by atoms with Crippen LogP contribution in [0, 0.1) is 10.7 Å². The van der Waals surface area contributed by atoms with Crippen LogP contribution in [-0.4, -0.2) is 22.0 Å². The first-order valence-corrected chi connectivity index (χ1v) is 9.58. The van der Waals surface area contributed by atoms with E-state index in [1.807, 2.05) is 0 Å². The zero-order chi connectivity index (χ0) is 19.1. The summed E-state index contributed by atoms with van der Waals surface area (Å²) in [5.74, 6) is 0.368. The highest BCUT2D eigenvalue weighted by Gasteiger charge is 2.12. The Morgan fingerprint density at radius 1 is 1.42 bits per heavy atom. The van der Waals surface area contributed by atoms with Crippen LogP contribution in [0.5, 0.6) is 0 Å². The number of hydrogen-bond acceptors (Lipinski definition) is 3. The van der Waals surface area contributed by atoms with Crippen molar-refractivity contribution < 1.29 is 4.79 Å². The summed E-state index contributed by atoms with van der Waals surface area (Å²) in [6, 6.07) is 5.04. The molecule has 140 valence electrons. The van der Waals surface area contributed by atoms with Gasteiger partial charge in [-0.05, 0) is 42.8 Å². The lowest BCUT2D eigenvalue weighted by molar-refractivity contribution is 0.0946. The molecular formula is C20H27N3O2S. The zero-order valence-corrected chi connectivity index (χ0v) is 16.3. The van der Waals surface area contributed by atoms with Crippen LogP contribution in [0.2, 0.25) is 0 Å². The van der Waals surface area contributed by atoms with Crippen LogP contribution < -0.4 is 10.9 Å². The molecule has 0 radical (unpaired) electrons. The monoisotopic (exact) mass is 373 g/mol. The Balaban J connectivity index is 2.21. The molecule has 1 amide bonds. The predicted octanol–water partition coefficient (Wildman–Crippen LogP) is 4.19. The van der Waals surface area contributed by atoms with Crippen LogP contribution in [0.3, 0.4) is 0 Å². The average molecular weight is 374 g/mol. The molecule has 1 atom stereocenters. The number of H-pyrrole nitrogens is 1. The van der Waals surface area contributed by atoms with Crippen molar-refractivity contribution >= 4 is 29.0 Å². The van der Waals surface area contributed by atoms with Crippen molar-refractivity contribution in [1.82, 2.24) is 14.9 Å². The molecule has 1 aromatic heterocycles. The third kappa shape index (κ3) is 4.69. The molecule has 5 nitrogen and oxygen atoms in total. The maximum atomic E-state index is 12.5. The Labute approximate surface area is 159 Å². The fourth-order valence-electron chi connectivity index (χ4n) is 2.97. The van der Waals surface area contributed by atoms with Gasteiger partial charge in [-0.15, -0.1) is 6.58 Å². The van der Waals surface area contributed by atoms with E-state index in [1.54, 1.807) is 24.3 Å². The summed E-state index contributed by atoms with van der Waals surface area (Å²) in [5, 5.41) is 3.51. The lowest BCUT2D eigenvalue weighted by Gasteiger charge is -2.15. The van der Waals surface area contributed by atoms with E-state index < -0.39 is 0 Å². The summed E-state index contributed by atoms with van der Waals surface area (Å²) in [6.07, 6.45) is 6.14. The molecule has 0 fully saturated rings. The maximum absolute atomic E-state index is 12.5. The molecule has 1 unspecified atom stereocenters. The number of amides is 1. The highest BCUT2D eigenvalue weighted by molar-refractivity contribution is 7.71. The van der Waals surface area contributed by atoms with Gasteiger partial charge in [0, 0.05) is 18.7 Å². The number of nitrogens with zero attached hydrogens (tertiary/aromatic N) is 1. The molecule has 6 heteroatoms. The SMILES string of the molecule is C=CCn1c(=S)[nH]c2cc(C(=O)NCC(CC)CCCC)ccc2c1=O. The molecule has 1 heterocycles. The van der Waals surface area contributed by atoms with Crippen molar-refractivity contribution in [2.45, 2.75) is 46.1 Å². The molecular weight excluding hydrogens is 346 g/mol. The summed E-state index contributed by atoms with van der Waals surface area (Å²) in [4.78, 5) is 28.0. The number of benzene rings is 1. The van der Waals surface area contributed by atoms with Gasteiger partial charge >= 0.3 is 0 Å². The summed E-state index contributed by atoms with van der Waals surface area (Å²) in [7, 11) is 0. The number of carbonyl (C=O) groups is 1. The van der Waals surface area contributed by atoms with Crippen LogP contribution >= 0.6 is 12.2 Å². The van der Waals surface area contributed by atoms with Crippen LogP contribution in [0.15, 0.2) is 35.6 Å². The summed E-state index contributed by atoms with van der Waals surface area (Å²) in [6.45, 7) is 8.99. The molecule has 2 N–H and O–H groups in total. The van der Waals surface area contributed by atoms with Gasteiger partial charge in [0.15, 0.2) is 4.77 Å². The first-order valence-electron chi connectivity index (χ1n) is 9.17. The van der Waals surface area contributed by atoms with E-state index in [1.165, 1.54) is 11.0 Å². The molecule has 2 aromatic rings. The summed E-state index contributed by atoms with van der Waals surface area (Å²) < 4.78 is 1.77. The van der Waals surface area contributed by atoms with Crippen molar-refractivity contribution in [2.75, 3.05) is 6.54 Å². The quantitative estimate of drug-likeness (QED) is 0.511. The number of carbonyl (C=O) groups excluding carboxylic acids is 1. The first-order chi connectivity index (χ1) is 12.5. The lowest BCUT2D eigenvalue weighted by atomic mass is 9.99. The van der Waals surface area contributed by atoms with Gasteiger partial charge in [0.05, 0.1) is 10.9 Å². The largest absolute Gasteiger partial charge is 0.352 e. The van der Waals surface area contributed by atoms with Gasteiger partial charge in [-0.2, -0.15) is 0 Å². The normalized spacial score (nSPS) is 12.1.